The molecule has 0 bridgehead atoms. The van der Waals surface area contributed by atoms with E-state index in [1.165, 1.54) is 24.0 Å². The molecule has 0 unspecified atom stereocenters. The largest absolute Gasteiger partial charge is 0.400 e. The number of nitrogens with one attached hydrogen (secondary N) is 1. The van der Waals surface area contributed by atoms with Crippen molar-refractivity contribution < 1.29 is 5.11 Å². The molecule has 0 radical (unpaired) electrons. The molecule has 0 amide bonds. The molecule has 2 heteroatoms. The molecule has 1 aliphatic rings. The Balaban J connectivity index is 0.000000396. The molecule has 0 saturated carbocycles. The Labute approximate surface area is 79.6 Å². The summed E-state index contributed by atoms with van der Waals surface area (Å²) >= 11 is 0. The molecule has 0 aliphatic heterocycles. The number of hydrogen-bond donors (Lipinski definition) is 2. The number of aliphatic hydroxyl groups excluding tert-OH is 1. The van der Waals surface area contributed by atoms with Crippen LogP contribution in [0.1, 0.15) is 11.1 Å². The fourth-order valence-electron chi connectivity index (χ4n) is 1.76. The van der Waals surface area contributed by atoms with Crippen molar-refractivity contribution in [2.75, 3.05) is 14.2 Å². The van der Waals surface area contributed by atoms with Crippen molar-refractivity contribution in [1.29, 1.82) is 0 Å². The van der Waals surface area contributed by atoms with Crippen LogP contribution in [0.3, 0.4) is 0 Å². The van der Waals surface area contributed by atoms with Crippen molar-refractivity contribution in [1.82, 2.24) is 5.32 Å². The third-order valence-corrected chi connectivity index (χ3v) is 2.46. The van der Waals surface area contributed by atoms with Gasteiger partial charge in [-0.3, -0.25) is 0 Å². The molecule has 13 heavy (non-hydrogen) atoms. The van der Waals surface area contributed by atoms with E-state index in [1.54, 1.807) is 0 Å². The van der Waals surface area contributed by atoms with Crippen LogP contribution in [-0.4, -0.2) is 25.3 Å². The standard InChI is InChI=1S/C10H13N.CH4O/c1-11-10-6-8-4-2-3-5-9(8)7-10;1-2/h2-5,10-11H,6-7H2,1H3;2H,1H3. The number of aliphatic hydroxyl groups is 1. The summed E-state index contributed by atoms with van der Waals surface area (Å²) in [6, 6.07) is 9.38. The van der Waals surface area contributed by atoms with Gasteiger partial charge in [0.2, 0.25) is 0 Å². The third kappa shape index (κ3) is 2.29. The summed E-state index contributed by atoms with van der Waals surface area (Å²) in [6.45, 7) is 0. The van der Waals surface area contributed by atoms with Gasteiger partial charge in [0.25, 0.3) is 0 Å². The summed E-state index contributed by atoms with van der Waals surface area (Å²) in [7, 11) is 3.04. The van der Waals surface area contributed by atoms with Gasteiger partial charge in [-0.2, -0.15) is 0 Å². The van der Waals surface area contributed by atoms with Crippen LogP contribution < -0.4 is 5.32 Å². The Morgan fingerprint density at radius 3 is 2.00 bits per heavy atom. The fourth-order valence-corrected chi connectivity index (χ4v) is 1.76. The van der Waals surface area contributed by atoms with Gasteiger partial charge in [0.15, 0.2) is 0 Å². The van der Waals surface area contributed by atoms with Gasteiger partial charge in [-0.1, -0.05) is 24.3 Å². The highest BCUT2D eigenvalue weighted by Crippen LogP contribution is 2.20. The van der Waals surface area contributed by atoms with Crippen LogP contribution in [0.4, 0.5) is 0 Å². The zero-order valence-electron chi connectivity index (χ0n) is 8.25. The highest BCUT2D eigenvalue weighted by atomic mass is 16.2. The van der Waals surface area contributed by atoms with Crippen LogP contribution >= 0.6 is 0 Å². The average molecular weight is 179 g/mol. The van der Waals surface area contributed by atoms with E-state index in [2.05, 4.69) is 29.6 Å². The van der Waals surface area contributed by atoms with Gasteiger partial charge < -0.3 is 10.4 Å². The second-order valence-electron chi connectivity index (χ2n) is 3.16. The molecule has 72 valence electrons. The van der Waals surface area contributed by atoms with Gasteiger partial charge in [0.05, 0.1) is 0 Å². The van der Waals surface area contributed by atoms with Crippen molar-refractivity contribution in [3.8, 4) is 0 Å². The molecule has 1 aromatic carbocycles. The fraction of sp³-hybridized carbons (Fsp3) is 0.455. The van der Waals surface area contributed by atoms with Crippen LogP contribution in [0.25, 0.3) is 0 Å². The van der Waals surface area contributed by atoms with Gasteiger partial charge in [-0.15, -0.1) is 0 Å². The molecule has 0 spiro atoms. The first kappa shape index (κ1) is 10.2. The number of hydrogen-bond acceptors (Lipinski definition) is 2. The van der Waals surface area contributed by atoms with Gasteiger partial charge in [-0.25, -0.2) is 0 Å². The minimum absolute atomic E-state index is 0.674. The summed E-state index contributed by atoms with van der Waals surface area (Å²) in [5.41, 5.74) is 3.04. The predicted molar refractivity (Wildman–Crippen MR) is 54.8 cm³/mol. The van der Waals surface area contributed by atoms with E-state index in [1.807, 2.05) is 7.05 Å². The minimum Gasteiger partial charge on any atom is -0.400 e. The minimum atomic E-state index is 0.674. The lowest BCUT2D eigenvalue weighted by Crippen LogP contribution is -2.24. The zero-order chi connectivity index (χ0) is 9.68. The zero-order valence-corrected chi connectivity index (χ0v) is 8.25. The SMILES string of the molecule is CNC1Cc2ccccc2C1.CO. The highest BCUT2D eigenvalue weighted by Gasteiger charge is 2.18. The molecule has 2 nitrogen and oxygen atoms in total. The molecule has 0 fully saturated rings. The van der Waals surface area contributed by atoms with E-state index >= 15 is 0 Å². The van der Waals surface area contributed by atoms with Crippen LogP contribution in [0.5, 0.6) is 0 Å². The van der Waals surface area contributed by atoms with Crippen LogP contribution in [-0.2, 0) is 12.8 Å². The maximum Gasteiger partial charge on any atom is 0.0319 e. The third-order valence-electron chi connectivity index (χ3n) is 2.46. The Morgan fingerprint density at radius 1 is 1.15 bits per heavy atom. The van der Waals surface area contributed by atoms with E-state index < -0.39 is 0 Å². The summed E-state index contributed by atoms with van der Waals surface area (Å²) < 4.78 is 0. The smallest absolute Gasteiger partial charge is 0.0319 e. The first-order valence-electron chi connectivity index (χ1n) is 4.59. The van der Waals surface area contributed by atoms with E-state index in [0.717, 1.165) is 7.11 Å². The molecule has 1 aliphatic carbocycles. The van der Waals surface area contributed by atoms with Crippen LogP contribution in [0.2, 0.25) is 0 Å². The predicted octanol–water partition coefficient (Wildman–Crippen LogP) is 0.982. The lowest BCUT2D eigenvalue weighted by atomic mass is 10.1. The Kier molecular flexibility index (Phi) is 3.93. The van der Waals surface area contributed by atoms with Gasteiger partial charge >= 0.3 is 0 Å². The molecule has 0 aromatic heterocycles. The van der Waals surface area contributed by atoms with E-state index in [0.29, 0.717) is 6.04 Å². The van der Waals surface area contributed by atoms with E-state index in [-0.39, 0.29) is 0 Å². The molecular weight excluding hydrogens is 162 g/mol. The molecule has 2 N–H and O–H groups in total. The van der Waals surface area contributed by atoms with Crippen LogP contribution in [0.15, 0.2) is 24.3 Å². The second-order valence-corrected chi connectivity index (χ2v) is 3.16. The summed E-state index contributed by atoms with van der Waals surface area (Å²) in [6.07, 6.45) is 2.40. The maximum atomic E-state index is 7.00. The summed E-state index contributed by atoms with van der Waals surface area (Å²) in [5.74, 6) is 0. The summed E-state index contributed by atoms with van der Waals surface area (Å²) in [4.78, 5) is 0. The quantitative estimate of drug-likeness (QED) is 0.673. The Hall–Kier alpha value is -0.860. The van der Waals surface area contributed by atoms with Crippen molar-refractivity contribution in [3.05, 3.63) is 35.4 Å². The first-order valence-corrected chi connectivity index (χ1v) is 4.59. The topological polar surface area (TPSA) is 32.3 Å². The van der Waals surface area contributed by atoms with Crippen molar-refractivity contribution in [2.45, 2.75) is 18.9 Å². The summed E-state index contributed by atoms with van der Waals surface area (Å²) in [5, 5.41) is 10.3. The number of fused-ring (bicyclic) bond motifs is 1. The van der Waals surface area contributed by atoms with Crippen LogP contribution in [0, 0.1) is 0 Å². The molecule has 0 heterocycles. The molecule has 1 aromatic rings. The molecule has 0 atom stereocenters. The Bertz CT molecular complexity index is 235. The van der Waals surface area contributed by atoms with Gasteiger partial charge in [0, 0.05) is 13.2 Å². The molecule has 2 rings (SSSR count). The van der Waals surface area contributed by atoms with Gasteiger partial charge in [0.1, 0.15) is 0 Å². The first-order chi connectivity index (χ1) is 6.40. The van der Waals surface area contributed by atoms with E-state index in [9.17, 15) is 0 Å². The maximum absolute atomic E-state index is 7.00. The number of likely N-dealkylation sites (N-methyl/N-ethyl adjacent to an activating group) is 1. The van der Waals surface area contributed by atoms with Crippen molar-refractivity contribution in [3.63, 3.8) is 0 Å². The normalized spacial score (nSPS) is 14.7. The second kappa shape index (κ2) is 5.00. The molecule has 0 saturated heterocycles. The monoisotopic (exact) mass is 179 g/mol. The Morgan fingerprint density at radius 2 is 1.62 bits per heavy atom. The molecular formula is C11H17NO. The highest BCUT2D eigenvalue weighted by molar-refractivity contribution is 5.33. The van der Waals surface area contributed by atoms with Crippen molar-refractivity contribution in [2.24, 2.45) is 0 Å². The van der Waals surface area contributed by atoms with E-state index in [4.69, 9.17) is 5.11 Å². The lowest BCUT2D eigenvalue weighted by molar-refractivity contribution is 0.399. The number of rotatable bonds is 1. The lowest BCUT2D eigenvalue weighted by Gasteiger charge is -2.04. The average Bonchev–Trinajstić information content (AvgIpc) is 2.63. The number of benzene rings is 1. The van der Waals surface area contributed by atoms with Crippen molar-refractivity contribution >= 4 is 0 Å². The van der Waals surface area contributed by atoms with Gasteiger partial charge in [-0.05, 0) is 31.0 Å².